The Bertz CT molecular complexity index is 615. The quantitative estimate of drug-likeness (QED) is 0.840. The van der Waals surface area contributed by atoms with Gasteiger partial charge in [0.1, 0.15) is 11.6 Å². The van der Waals surface area contributed by atoms with Gasteiger partial charge in [0.05, 0.1) is 18.8 Å². The lowest BCUT2D eigenvalue weighted by atomic mass is 10.0. The van der Waals surface area contributed by atoms with Gasteiger partial charge < -0.3 is 10.1 Å². The first-order valence-corrected chi connectivity index (χ1v) is 7.16. The normalized spacial score (nSPS) is 12.1. The predicted molar refractivity (Wildman–Crippen MR) is 83.9 cm³/mol. The zero-order valence-corrected chi connectivity index (χ0v) is 13.3. The van der Waals surface area contributed by atoms with Crippen molar-refractivity contribution >= 4 is 21.6 Å². The molecule has 0 spiro atoms. The van der Waals surface area contributed by atoms with Crippen molar-refractivity contribution in [2.75, 3.05) is 12.4 Å². The predicted octanol–water partition coefficient (Wildman–Crippen LogP) is 5.08. The van der Waals surface area contributed by atoms with Crippen LogP contribution in [0.25, 0.3) is 0 Å². The maximum Gasteiger partial charge on any atom is 0.125 e. The van der Waals surface area contributed by atoms with Gasteiger partial charge in [-0.25, -0.2) is 4.39 Å². The first-order chi connectivity index (χ1) is 9.51. The third-order valence-electron chi connectivity index (χ3n) is 3.16. The number of hydrogen-bond acceptors (Lipinski definition) is 2. The highest BCUT2D eigenvalue weighted by Crippen LogP contribution is 2.31. The first-order valence-electron chi connectivity index (χ1n) is 6.37. The van der Waals surface area contributed by atoms with Crippen molar-refractivity contribution in [3.63, 3.8) is 0 Å². The van der Waals surface area contributed by atoms with Crippen LogP contribution in [0, 0.1) is 12.7 Å². The van der Waals surface area contributed by atoms with Gasteiger partial charge in [-0.3, -0.25) is 0 Å². The summed E-state index contributed by atoms with van der Waals surface area (Å²) in [5, 5.41) is 3.29. The molecule has 0 heterocycles. The lowest BCUT2D eigenvalue weighted by Crippen LogP contribution is -2.09. The second-order valence-electron chi connectivity index (χ2n) is 4.74. The highest BCUT2D eigenvalue weighted by atomic mass is 79.9. The molecule has 1 atom stereocenters. The summed E-state index contributed by atoms with van der Waals surface area (Å²) in [5.41, 5.74) is 2.90. The lowest BCUT2D eigenvalue weighted by Gasteiger charge is -2.19. The van der Waals surface area contributed by atoms with Gasteiger partial charge >= 0.3 is 0 Å². The van der Waals surface area contributed by atoms with Crippen LogP contribution in [0.4, 0.5) is 10.1 Å². The van der Waals surface area contributed by atoms with Crippen LogP contribution in [0.15, 0.2) is 40.9 Å². The maximum absolute atomic E-state index is 13.3. The summed E-state index contributed by atoms with van der Waals surface area (Å²) < 4.78 is 19.6. The fourth-order valence-electron chi connectivity index (χ4n) is 2.10. The molecule has 1 unspecified atom stereocenters. The minimum Gasteiger partial charge on any atom is -0.496 e. The van der Waals surface area contributed by atoms with E-state index in [1.54, 1.807) is 13.2 Å². The van der Waals surface area contributed by atoms with Gasteiger partial charge in [-0.1, -0.05) is 12.1 Å². The summed E-state index contributed by atoms with van der Waals surface area (Å²) in [6, 6.07) is 10.7. The van der Waals surface area contributed by atoms with Gasteiger partial charge in [0.15, 0.2) is 0 Å². The van der Waals surface area contributed by atoms with E-state index in [4.69, 9.17) is 4.74 Å². The molecule has 0 aliphatic heterocycles. The second kappa shape index (κ2) is 6.27. The molecule has 0 fully saturated rings. The van der Waals surface area contributed by atoms with Gasteiger partial charge in [-0.2, -0.15) is 0 Å². The number of hydrogen-bond donors (Lipinski definition) is 1. The molecule has 0 bridgehead atoms. The third kappa shape index (κ3) is 3.31. The Kier molecular flexibility index (Phi) is 4.65. The number of halogens is 2. The van der Waals surface area contributed by atoms with Crippen molar-refractivity contribution in [3.05, 3.63) is 57.8 Å². The molecule has 4 heteroatoms. The highest BCUT2D eigenvalue weighted by Gasteiger charge is 2.13. The van der Waals surface area contributed by atoms with E-state index in [1.165, 1.54) is 12.1 Å². The fourth-order valence-corrected chi connectivity index (χ4v) is 2.46. The SMILES string of the molecule is COc1cc(C)ccc1C(C)Nc1cc(F)ccc1Br. The van der Waals surface area contributed by atoms with Crippen LogP contribution in [0.3, 0.4) is 0 Å². The molecule has 106 valence electrons. The van der Waals surface area contributed by atoms with Gasteiger partial charge in [0.2, 0.25) is 0 Å². The molecule has 0 aromatic heterocycles. The zero-order valence-electron chi connectivity index (χ0n) is 11.7. The Morgan fingerprint density at radius 2 is 1.95 bits per heavy atom. The Balaban J connectivity index is 2.28. The number of benzene rings is 2. The molecule has 2 aromatic rings. The Hall–Kier alpha value is -1.55. The van der Waals surface area contributed by atoms with E-state index in [1.807, 2.05) is 32.0 Å². The Morgan fingerprint density at radius 3 is 2.65 bits per heavy atom. The van der Waals surface area contributed by atoms with E-state index in [2.05, 4.69) is 21.2 Å². The monoisotopic (exact) mass is 337 g/mol. The van der Waals surface area contributed by atoms with E-state index in [9.17, 15) is 4.39 Å². The fraction of sp³-hybridized carbons (Fsp3) is 0.250. The maximum atomic E-state index is 13.3. The Labute approximate surface area is 127 Å². The van der Waals surface area contributed by atoms with E-state index in [-0.39, 0.29) is 11.9 Å². The molecule has 0 saturated heterocycles. The molecule has 0 aliphatic carbocycles. The van der Waals surface area contributed by atoms with Crippen LogP contribution in [0.1, 0.15) is 24.1 Å². The molecule has 20 heavy (non-hydrogen) atoms. The minimum atomic E-state index is -0.265. The number of nitrogens with one attached hydrogen (secondary N) is 1. The van der Waals surface area contributed by atoms with Crippen LogP contribution in [-0.2, 0) is 0 Å². The number of anilines is 1. The van der Waals surface area contributed by atoms with Gasteiger partial charge in [0, 0.05) is 10.0 Å². The molecular weight excluding hydrogens is 321 g/mol. The van der Waals surface area contributed by atoms with Gasteiger partial charge in [-0.15, -0.1) is 0 Å². The van der Waals surface area contributed by atoms with Gasteiger partial charge in [0.25, 0.3) is 0 Å². The summed E-state index contributed by atoms with van der Waals surface area (Å²) in [7, 11) is 1.66. The van der Waals surface area contributed by atoms with Gasteiger partial charge in [-0.05, 0) is 59.6 Å². The van der Waals surface area contributed by atoms with Crippen LogP contribution in [0.2, 0.25) is 0 Å². The van der Waals surface area contributed by atoms with Crippen molar-refractivity contribution in [1.29, 1.82) is 0 Å². The van der Waals surface area contributed by atoms with Crippen molar-refractivity contribution in [2.24, 2.45) is 0 Å². The molecule has 1 N–H and O–H groups in total. The van der Waals surface area contributed by atoms with Crippen molar-refractivity contribution < 1.29 is 9.13 Å². The average molecular weight is 338 g/mol. The van der Waals surface area contributed by atoms with E-state index >= 15 is 0 Å². The topological polar surface area (TPSA) is 21.3 Å². The molecule has 0 radical (unpaired) electrons. The second-order valence-corrected chi connectivity index (χ2v) is 5.59. The van der Waals surface area contributed by atoms with Crippen molar-refractivity contribution in [1.82, 2.24) is 0 Å². The van der Waals surface area contributed by atoms with E-state index in [0.29, 0.717) is 0 Å². The van der Waals surface area contributed by atoms with E-state index in [0.717, 1.165) is 27.0 Å². The van der Waals surface area contributed by atoms with Crippen molar-refractivity contribution in [2.45, 2.75) is 19.9 Å². The highest BCUT2D eigenvalue weighted by molar-refractivity contribution is 9.10. The number of ether oxygens (including phenoxy) is 1. The van der Waals surface area contributed by atoms with Crippen molar-refractivity contribution in [3.8, 4) is 5.75 Å². The number of rotatable bonds is 4. The zero-order chi connectivity index (χ0) is 14.7. The summed E-state index contributed by atoms with van der Waals surface area (Å²) in [5.74, 6) is 0.566. The largest absolute Gasteiger partial charge is 0.496 e. The number of aryl methyl sites for hydroxylation is 1. The first kappa shape index (κ1) is 14.9. The summed E-state index contributed by atoms with van der Waals surface area (Å²) in [6.45, 7) is 4.04. The molecule has 2 nitrogen and oxygen atoms in total. The molecule has 2 rings (SSSR count). The third-order valence-corrected chi connectivity index (χ3v) is 3.85. The van der Waals surface area contributed by atoms with E-state index < -0.39 is 0 Å². The molecule has 0 aliphatic rings. The molecular formula is C16H17BrFNO. The standard InChI is InChI=1S/C16H17BrFNO/c1-10-4-6-13(16(8-10)20-3)11(2)19-15-9-12(18)5-7-14(15)17/h4-9,11,19H,1-3H3. The van der Waals surface area contributed by atoms with Crippen LogP contribution in [-0.4, -0.2) is 7.11 Å². The van der Waals surface area contributed by atoms with Crippen LogP contribution in [0.5, 0.6) is 5.75 Å². The lowest BCUT2D eigenvalue weighted by molar-refractivity contribution is 0.407. The number of methoxy groups -OCH3 is 1. The molecule has 2 aromatic carbocycles. The smallest absolute Gasteiger partial charge is 0.125 e. The minimum absolute atomic E-state index is 0.00338. The summed E-state index contributed by atoms with van der Waals surface area (Å²) >= 11 is 3.42. The van der Waals surface area contributed by atoms with Crippen LogP contribution >= 0.6 is 15.9 Å². The molecule has 0 amide bonds. The summed E-state index contributed by atoms with van der Waals surface area (Å²) in [6.07, 6.45) is 0. The summed E-state index contributed by atoms with van der Waals surface area (Å²) in [4.78, 5) is 0. The van der Waals surface area contributed by atoms with Crippen LogP contribution < -0.4 is 10.1 Å². The average Bonchev–Trinajstić information content (AvgIpc) is 2.42. The molecule has 0 saturated carbocycles. The Morgan fingerprint density at radius 1 is 1.20 bits per heavy atom.